The molecule has 0 aromatic carbocycles. The topological polar surface area (TPSA) is 57.6 Å². The lowest BCUT2D eigenvalue weighted by Crippen LogP contribution is -2.37. The van der Waals surface area contributed by atoms with Crippen molar-refractivity contribution in [3.63, 3.8) is 0 Å². The number of rotatable bonds is 6. The predicted molar refractivity (Wildman–Crippen MR) is 58.5 cm³/mol. The molecule has 1 amide bonds. The van der Waals surface area contributed by atoms with E-state index in [1.165, 1.54) is 4.90 Å². The Morgan fingerprint density at radius 1 is 1.27 bits per heavy atom. The van der Waals surface area contributed by atoms with Gasteiger partial charge in [0.05, 0.1) is 5.92 Å². The third kappa shape index (κ3) is 4.32. The monoisotopic (exact) mass is 215 g/mol. The molecule has 0 aromatic rings. The molecule has 1 N–H and O–H groups in total. The summed E-state index contributed by atoms with van der Waals surface area (Å²) in [6.07, 6.45) is 1.61. The van der Waals surface area contributed by atoms with Crippen LogP contribution in [0.1, 0.15) is 33.6 Å². The number of carbonyl (C=O) groups is 2. The van der Waals surface area contributed by atoms with Gasteiger partial charge in [-0.1, -0.05) is 20.8 Å². The normalized spacial score (nSPS) is 12.6. The van der Waals surface area contributed by atoms with Gasteiger partial charge in [0, 0.05) is 19.5 Å². The van der Waals surface area contributed by atoms with E-state index in [2.05, 4.69) is 0 Å². The van der Waals surface area contributed by atoms with Gasteiger partial charge in [-0.15, -0.1) is 0 Å². The van der Waals surface area contributed by atoms with E-state index in [0.717, 1.165) is 12.8 Å². The maximum absolute atomic E-state index is 11.8. The minimum atomic E-state index is -0.862. The summed E-state index contributed by atoms with van der Waals surface area (Å²) in [5.74, 6) is -1.29. The Morgan fingerprint density at radius 2 is 1.73 bits per heavy atom. The summed E-state index contributed by atoms with van der Waals surface area (Å²) in [5.41, 5.74) is 0. The van der Waals surface area contributed by atoms with Crippen LogP contribution in [0.3, 0.4) is 0 Å². The highest BCUT2D eigenvalue weighted by Gasteiger charge is 2.21. The molecule has 0 aromatic heterocycles. The summed E-state index contributed by atoms with van der Waals surface area (Å²) in [6.45, 7) is 5.84. The second kappa shape index (κ2) is 6.43. The van der Waals surface area contributed by atoms with Gasteiger partial charge >= 0.3 is 5.97 Å². The van der Waals surface area contributed by atoms with E-state index < -0.39 is 11.9 Å². The molecule has 0 heterocycles. The molecule has 0 aliphatic rings. The zero-order chi connectivity index (χ0) is 12.0. The first kappa shape index (κ1) is 13.9. The Kier molecular flexibility index (Phi) is 5.97. The van der Waals surface area contributed by atoms with Gasteiger partial charge in [-0.25, -0.2) is 0 Å². The molecule has 0 radical (unpaired) electrons. The number of carboxylic acids is 1. The van der Waals surface area contributed by atoms with Crippen molar-refractivity contribution in [2.45, 2.75) is 33.6 Å². The molecular formula is C11H21NO3. The number of nitrogens with zero attached hydrogens (tertiary/aromatic N) is 1. The van der Waals surface area contributed by atoms with Gasteiger partial charge in [0.15, 0.2) is 0 Å². The fourth-order valence-corrected chi connectivity index (χ4v) is 1.53. The summed E-state index contributed by atoms with van der Waals surface area (Å²) < 4.78 is 0. The average molecular weight is 215 g/mol. The minimum Gasteiger partial charge on any atom is -0.481 e. The van der Waals surface area contributed by atoms with Gasteiger partial charge in [0.2, 0.25) is 5.91 Å². The Balaban J connectivity index is 4.26. The van der Waals surface area contributed by atoms with Crippen LogP contribution in [0.25, 0.3) is 0 Å². The van der Waals surface area contributed by atoms with Gasteiger partial charge in [-0.05, 0) is 12.8 Å². The van der Waals surface area contributed by atoms with E-state index in [9.17, 15) is 9.59 Å². The van der Waals surface area contributed by atoms with Crippen LogP contribution >= 0.6 is 0 Å². The number of amides is 1. The zero-order valence-corrected chi connectivity index (χ0v) is 9.99. The van der Waals surface area contributed by atoms with Gasteiger partial charge in [-0.2, -0.15) is 0 Å². The standard InChI is InChI=1S/C11H21NO3/c1-5-9(6-2)10(13)12(4)7-8(3)11(14)15/h8-9H,5-7H2,1-4H3,(H,14,15). The van der Waals surface area contributed by atoms with Crippen molar-refractivity contribution in [1.29, 1.82) is 0 Å². The fraction of sp³-hybridized carbons (Fsp3) is 0.818. The largest absolute Gasteiger partial charge is 0.481 e. The molecule has 0 fully saturated rings. The average Bonchev–Trinajstić information content (AvgIpc) is 2.19. The molecule has 0 aliphatic carbocycles. The molecule has 0 saturated carbocycles. The maximum Gasteiger partial charge on any atom is 0.308 e. The zero-order valence-electron chi connectivity index (χ0n) is 9.99. The number of carboxylic acid groups (broad SMARTS) is 1. The lowest BCUT2D eigenvalue weighted by molar-refractivity contribution is -0.143. The summed E-state index contributed by atoms with van der Waals surface area (Å²) in [5, 5.41) is 8.73. The van der Waals surface area contributed by atoms with E-state index in [0.29, 0.717) is 0 Å². The van der Waals surface area contributed by atoms with Crippen LogP contribution in [0.4, 0.5) is 0 Å². The first-order chi connectivity index (χ1) is 6.93. The van der Waals surface area contributed by atoms with Crippen molar-refractivity contribution in [1.82, 2.24) is 4.90 Å². The van der Waals surface area contributed by atoms with Crippen LogP contribution < -0.4 is 0 Å². The summed E-state index contributed by atoms with van der Waals surface area (Å²) in [7, 11) is 1.67. The summed E-state index contributed by atoms with van der Waals surface area (Å²) >= 11 is 0. The molecule has 0 bridgehead atoms. The molecule has 0 rings (SSSR count). The number of hydrogen-bond acceptors (Lipinski definition) is 2. The van der Waals surface area contributed by atoms with E-state index in [4.69, 9.17) is 5.11 Å². The molecular weight excluding hydrogens is 194 g/mol. The number of hydrogen-bond donors (Lipinski definition) is 1. The molecule has 4 nitrogen and oxygen atoms in total. The van der Waals surface area contributed by atoms with Crippen molar-refractivity contribution in [2.75, 3.05) is 13.6 Å². The van der Waals surface area contributed by atoms with Gasteiger partial charge in [0.1, 0.15) is 0 Å². The molecule has 4 heteroatoms. The second-order valence-corrected chi connectivity index (χ2v) is 3.97. The SMILES string of the molecule is CCC(CC)C(=O)N(C)CC(C)C(=O)O. The van der Waals surface area contributed by atoms with Crippen molar-refractivity contribution in [3.8, 4) is 0 Å². The summed E-state index contributed by atoms with van der Waals surface area (Å²) in [4.78, 5) is 23.9. The smallest absolute Gasteiger partial charge is 0.308 e. The van der Waals surface area contributed by atoms with E-state index in [1.54, 1.807) is 14.0 Å². The lowest BCUT2D eigenvalue weighted by atomic mass is 10.0. The van der Waals surface area contributed by atoms with E-state index >= 15 is 0 Å². The highest BCUT2D eigenvalue weighted by molar-refractivity contribution is 5.79. The first-order valence-corrected chi connectivity index (χ1v) is 5.41. The second-order valence-electron chi connectivity index (χ2n) is 3.97. The van der Waals surface area contributed by atoms with Crippen LogP contribution in [0.2, 0.25) is 0 Å². The maximum atomic E-state index is 11.8. The van der Waals surface area contributed by atoms with Crippen molar-refractivity contribution < 1.29 is 14.7 Å². The third-order valence-electron chi connectivity index (χ3n) is 2.68. The van der Waals surface area contributed by atoms with Crippen molar-refractivity contribution >= 4 is 11.9 Å². The van der Waals surface area contributed by atoms with E-state index in [-0.39, 0.29) is 18.4 Å². The fourth-order valence-electron chi connectivity index (χ4n) is 1.53. The Hall–Kier alpha value is -1.06. The first-order valence-electron chi connectivity index (χ1n) is 5.41. The third-order valence-corrected chi connectivity index (χ3v) is 2.68. The molecule has 0 spiro atoms. The van der Waals surface area contributed by atoms with Gasteiger partial charge in [-0.3, -0.25) is 9.59 Å². The van der Waals surface area contributed by atoms with Crippen molar-refractivity contribution in [3.05, 3.63) is 0 Å². The summed E-state index contributed by atoms with van der Waals surface area (Å²) in [6, 6.07) is 0. The van der Waals surface area contributed by atoms with Gasteiger partial charge in [0.25, 0.3) is 0 Å². The minimum absolute atomic E-state index is 0.0241. The van der Waals surface area contributed by atoms with Crippen molar-refractivity contribution in [2.24, 2.45) is 11.8 Å². The highest BCUT2D eigenvalue weighted by atomic mass is 16.4. The molecule has 0 aliphatic heterocycles. The molecule has 15 heavy (non-hydrogen) atoms. The van der Waals surface area contributed by atoms with Gasteiger partial charge < -0.3 is 10.0 Å². The Labute approximate surface area is 91.3 Å². The number of aliphatic carboxylic acids is 1. The molecule has 0 saturated heterocycles. The quantitative estimate of drug-likeness (QED) is 0.732. The number of carbonyl (C=O) groups excluding carboxylic acids is 1. The highest BCUT2D eigenvalue weighted by Crippen LogP contribution is 2.12. The van der Waals surface area contributed by atoms with Crippen LogP contribution in [-0.2, 0) is 9.59 Å². The molecule has 88 valence electrons. The molecule has 1 unspecified atom stereocenters. The van der Waals surface area contributed by atoms with Crippen LogP contribution in [0.15, 0.2) is 0 Å². The van der Waals surface area contributed by atoms with Crippen LogP contribution in [0, 0.1) is 11.8 Å². The molecule has 1 atom stereocenters. The predicted octanol–water partition coefficient (Wildman–Crippen LogP) is 1.60. The Bertz CT molecular complexity index is 224. The lowest BCUT2D eigenvalue weighted by Gasteiger charge is -2.23. The van der Waals surface area contributed by atoms with E-state index in [1.807, 2.05) is 13.8 Å². The van der Waals surface area contributed by atoms with Crippen LogP contribution in [-0.4, -0.2) is 35.5 Å². The Morgan fingerprint density at radius 3 is 2.07 bits per heavy atom. The van der Waals surface area contributed by atoms with Crippen LogP contribution in [0.5, 0.6) is 0 Å².